The zero-order chi connectivity index (χ0) is 25.8. The molecule has 0 aliphatic carbocycles. The summed E-state index contributed by atoms with van der Waals surface area (Å²) >= 11 is 0. The maximum absolute atomic E-state index is 13.2. The summed E-state index contributed by atoms with van der Waals surface area (Å²) in [4.78, 5) is 22.8. The molecule has 7 heteroatoms. The van der Waals surface area contributed by atoms with E-state index in [1.54, 1.807) is 36.5 Å². The molecule has 3 aromatic carbocycles. The molecule has 0 bridgehead atoms. The van der Waals surface area contributed by atoms with Gasteiger partial charge in [-0.05, 0) is 80.4 Å². The fraction of sp³-hybridized carbons (Fsp3) is 0.267. The molecule has 6 nitrogen and oxygen atoms in total. The van der Waals surface area contributed by atoms with E-state index in [9.17, 15) is 14.3 Å². The van der Waals surface area contributed by atoms with Gasteiger partial charge in [-0.1, -0.05) is 36.8 Å². The van der Waals surface area contributed by atoms with E-state index in [1.807, 2.05) is 19.1 Å². The Balaban J connectivity index is 1.27. The monoisotopic (exact) mass is 498 g/mol. The molecule has 1 amide bonds. The highest BCUT2D eigenvalue weighted by Gasteiger charge is 2.15. The Kier molecular flexibility index (Phi) is 7.32. The van der Waals surface area contributed by atoms with Crippen LogP contribution >= 0.6 is 0 Å². The highest BCUT2D eigenvalue weighted by Crippen LogP contribution is 2.28. The third kappa shape index (κ3) is 5.89. The van der Waals surface area contributed by atoms with Gasteiger partial charge in [-0.25, -0.2) is 4.39 Å². The van der Waals surface area contributed by atoms with Crippen molar-refractivity contribution in [2.75, 3.05) is 13.1 Å². The topological polar surface area (TPSA) is 80.7 Å². The lowest BCUT2D eigenvalue weighted by atomic mass is 10.1. The number of piperidine rings is 1. The Morgan fingerprint density at radius 1 is 1.08 bits per heavy atom. The van der Waals surface area contributed by atoms with Crippen LogP contribution in [-0.2, 0) is 6.54 Å². The minimum atomic E-state index is -0.316. The summed E-state index contributed by atoms with van der Waals surface area (Å²) in [7, 11) is 0. The smallest absolute Gasteiger partial charge is 0.251 e. The molecule has 37 heavy (non-hydrogen) atoms. The van der Waals surface area contributed by atoms with Crippen molar-refractivity contribution >= 4 is 28.7 Å². The molecule has 1 aliphatic rings. The van der Waals surface area contributed by atoms with Crippen molar-refractivity contribution in [3.05, 3.63) is 94.8 Å². The van der Waals surface area contributed by atoms with E-state index in [-0.39, 0.29) is 23.6 Å². The number of aromatic nitrogens is 1. The van der Waals surface area contributed by atoms with Gasteiger partial charge < -0.3 is 15.4 Å². The average molecular weight is 499 g/mol. The third-order valence-corrected chi connectivity index (χ3v) is 6.93. The number of H-pyrrole nitrogens is 1. The first-order chi connectivity index (χ1) is 18.0. The van der Waals surface area contributed by atoms with Crippen LogP contribution in [0.4, 0.5) is 10.1 Å². The zero-order valence-corrected chi connectivity index (χ0v) is 20.9. The van der Waals surface area contributed by atoms with Crippen LogP contribution in [-0.4, -0.2) is 40.2 Å². The van der Waals surface area contributed by atoms with Crippen LogP contribution in [0, 0.1) is 5.82 Å². The number of likely N-dealkylation sites (tertiary alicyclic amines) is 1. The summed E-state index contributed by atoms with van der Waals surface area (Å²) in [5, 5.41) is 14.2. The number of aromatic hydroxyl groups is 1. The SMILES string of the molecule is C[C@@H](NC(=O)c1ccc2c(C=Nc3ccc(CN4CCCCC4)cc3)c(O)[nH]c2c1)c1ccc(F)cc1. The van der Waals surface area contributed by atoms with E-state index in [0.717, 1.165) is 36.3 Å². The van der Waals surface area contributed by atoms with Crippen LogP contribution in [0.5, 0.6) is 5.88 Å². The standard InChI is InChI=1S/C30H31FN4O2/c1-20(22-7-10-24(31)11-8-22)33-29(36)23-9-14-26-27(30(37)34-28(26)17-23)18-32-25-12-5-21(6-13-25)19-35-15-3-2-4-16-35/h5-14,17-18,20,34,37H,2-4,15-16,19H2,1H3,(H,33,36)/t20-/m1/s1. The molecular formula is C30H31FN4O2. The molecule has 190 valence electrons. The molecule has 1 fully saturated rings. The molecular weight excluding hydrogens is 467 g/mol. The largest absolute Gasteiger partial charge is 0.494 e. The number of rotatable bonds is 7. The van der Waals surface area contributed by atoms with Gasteiger partial charge in [-0.15, -0.1) is 0 Å². The predicted octanol–water partition coefficient (Wildman–Crippen LogP) is 6.24. The Hall–Kier alpha value is -3.97. The Morgan fingerprint density at radius 2 is 1.81 bits per heavy atom. The number of hydrogen-bond donors (Lipinski definition) is 3. The molecule has 0 radical (unpaired) electrons. The number of benzene rings is 3. The highest BCUT2D eigenvalue weighted by atomic mass is 19.1. The molecule has 0 unspecified atom stereocenters. The number of aromatic amines is 1. The molecule has 0 saturated carbocycles. The maximum Gasteiger partial charge on any atom is 0.251 e. The van der Waals surface area contributed by atoms with E-state index in [4.69, 9.17) is 0 Å². The van der Waals surface area contributed by atoms with Gasteiger partial charge >= 0.3 is 0 Å². The van der Waals surface area contributed by atoms with Crippen molar-refractivity contribution in [2.24, 2.45) is 4.99 Å². The number of aliphatic imine (C=N–C) groups is 1. The number of nitrogens with one attached hydrogen (secondary N) is 2. The molecule has 5 rings (SSSR count). The van der Waals surface area contributed by atoms with Gasteiger partial charge in [-0.3, -0.25) is 14.7 Å². The normalized spacial score (nSPS) is 15.3. The van der Waals surface area contributed by atoms with Gasteiger partial charge in [0, 0.05) is 29.2 Å². The van der Waals surface area contributed by atoms with E-state index in [1.165, 1.54) is 37.0 Å². The van der Waals surface area contributed by atoms with E-state index < -0.39 is 0 Å². The molecule has 3 N–H and O–H groups in total. The number of nitrogens with zero attached hydrogens (tertiary/aromatic N) is 2. The minimum absolute atomic E-state index is 0.00212. The first-order valence-electron chi connectivity index (χ1n) is 12.7. The number of carbonyl (C=O) groups is 1. The summed E-state index contributed by atoms with van der Waals surface area (Å²) in [5.41, 5.74) is 4.55. The van der Waals surface area contributed by atoms with Crippen molar-refractivity contribution < 1.29 is 14.3 Å². The highest BCUT2D eigenvalue weighted by molar-refractivity contribution is 6.05. The number of hydrogen-bond acceptors (Lipinski definition) is 4. The Morgan fingerprint density at radius 3 is 2.54 bits per heavy atom. The van der Waals surface area contributed by atoms with Crippen molar-refractivity contribution in [1.82, 2.24) is 15.2 Å². The second-order valence-corrected chi connectivity index (χ2v) is 9.66. The Labute approximate surface area is 215 Å². The van der Waals surface area contributed by atoms with Gasteiger partial charge in [0.2, 0.25) is 0 Å². The lowest BCUT2D eigenvalue weighted by Gasteiger charge is -2.26. The predicted molar refractivity (Wildman–Crippen MR) is 145 cm³/mol. The van der Waals surface area contributed by atoms with Gasteiger partial charge in [0.1, 0.15) is 5.82 Å². The van der Waals surface area contributed by atoms with Crippen molar-refractivity contribution in [2.45, 2.75) is 38.8 Å². The van der Waals surface area contributed by atoms with Crippen LogP contribution in [0.2, 0.25) is 0 Å². The maximum atomic E-state index is 13.2. The van der Waals surface area contributed by atoms with Crippen molar-refractivity contribution in [3.8, 4) is 5.88 Å². The number of amides is 1. The second-order valence-electron chi connectivity index (χ2n) is 9.66. The summed E-state index contributed by atoms with van der Waals surface area (Å²) < 4.78 is 13.2. The van der Waals surface area contributed by atoms with E-state index in [0.29, 0.717) is 16.6 Å². The van der Waals surface area contributed by atoms with Gasteiger partial charge in [0.05, 0.1) is 17.3 Å². The molecule has 4 aromatic rings. The van der Waals surface area contributed by atoms with Crippen molar-refractivity contribution in [1.29, 1.82) is 0 Å². The fourth-order valence-corrected chi connectivity index (χ4v) is 4.79. The average Bonchev–Trinajstić information content (AvgIpc) is 3.23. The number of carbonyl (C=O) groups excluding carboxylic acids is 1. The second kappa shape index (κ2) is 11.0. The lowest BCUT2D eigenvalue weighted by Crippen LogP contribution is -2.28. The number of fused-ring (bicyclic) bond motifs is 1. The molecule has 1 saturated heterocycles. The zero-order valence-electron chi connectivity index (χ0n) is 20.9. The molecule has 1 aromatic heterocycles. The Bertz CT molecular complexity index is 1400. The molecule has 2 heterocycles. The molecule has 1 atom stereocenters. The van der Waals surface area contributed by atoms with E-state index >= 15 is 0 Å². The first kappa shape index (κ1) is 24.7. The number of halogens is 1. The molecule has 0 spiro atoms. The summed E-state index contributed by atoms with van der Waals surface area (Å²) in [5.74, 6) is -0.575. The summed E-state index contributed by atoms with van der Waals surface area (Å²) in [6, 6.07) is 19.2. The van der Waals surface area contributed by atoms with Crippen LogP contribution in [0.25, 0.3) is 10.9 Å². The van der Waals surface area contributed by atoms with Crippen LogP contribution in [0.15, 0.2) is 71.7 Å². The summed E-state index contributed by atoms with van der Waals surface area (Å²) in [6.07, 6.45) is 5.52. The molecule has 1 aliphatic heterocycles. The third-order valence-electron chi connectivity index (χ3n) is 6.93. The minimum Gasteiger partial charge on any atom is -0.494 e. The van der Waals surface area contributed by atoms with Crippen LogP contribution in [0.1, 0.15) is 59.3 Å². The van der Waals surface area contributed by atoms with Crippen molar-refractivity contribution in [3.63, 3.8) is 0 Å². The van der Waals surface area contributed by atoms with Gasteiger partial charge in [0.15, 0.2) is 5.88 Å². The first-order valence-corrected chi connectivity index (χ1v) is 12.7. The quantitative estimate of drug-likeness (QED) is 0.264. The lowest BCUT2D eigenvalue weighted by molar-refractivity contribution is 0.0940. The fourth-order valence-electron chi connectivity index (χ4n) is 4.79. The van der Waals surface area contributed by atoms with Gasteiger partial charge in [0.25, 0.3) is 5.91 Å². The van der Waals surface area contributed by atoms with Gasteiger partial charge in [-0.2, -0.15) is 0 Å². The van der Waals surface area contributed by atoms with Crippen LogP contribution < -0.4 is 5.32 Å². The summed E-state index contributed by atoms with van der Waals surface area (Å²) in [6.45, 7) is 5.14. The van der Waals surface area contributed by atoms with E-state index in [2.05, 4.69) is 32.3 Å². The van der Waals surface area contributed by atoms with Crippen LogP contribution in [0.3, 0.4) is 0 Å².